The highest BCUT2D eigenvalue weighted by molar-refractivity contribution is 5.48. The van der Waals surface area contributed by atoms with Gasteiger partial charge in [0.15, 0.2) is 0 Å². The van der Waals surface area contributed by atoms with Crippen LogP contribution >= 0.6 is 0 Å². The molecule has 4 nitrogen and oxygen atoms in total. The molecule has 0 atom stereocenters. The van der Waals surface area contributed by atoms with Gasteiger partial charge in [0.2, 0.25) is 0 Å². The Balaban J connectivity index is 2.18. The number of carbonyl (C=O) groups excluding carboxylic acids is 1. The van der Waals surface area contributed by atoms with Crippen LogP contribution in [-0.2, 0) is 4.79 Å². The van der Waals surface area contributed by atoms with E-state index in [1.54, 1.807) is 4.90 Å². The molecule has 0 saturated carbocycles. The van der Waals surface area contributed by atoms with Crippen LogP contribution in [-0.4, -0.2) is 55.5 Å². The van der Waals surface area contributed by atoms with E-state index in [0.29, 0.717) is 6.54 Å². The van der Waals surface area contributed by atoms with Gasteiger partial charge in [-0.15, -0.1) is 4.90 Å². The van der Waals surface area contributed by atoms with Crippen LogP contribution in [0.25, 0.3) is 0 Å². The Morgan fingerprint density at radius 2 is 1.91 bits per heavy atom. The molecule has 0 aliphatic carbocycles. The lowest BCUT2D eigenvalue weighted by Crippen LogP contribution is -2.46. The van der Waals surface area contributed by atoms with Gasteiger partial charge in [0, 0.05) is 26.2 Å². The summed E-state index contributed by atoms with van der Waals surface area (Å²) < 4.78 is 0. The van der Waals surface area contributed by atoms with Gasteiger partial charge in [-0.25, -0.2) is 0 Å². The number of hydrogen-bond donors (Lipinski definition) is 1. The molecule has 0 aromatic rings. The largest absolute Gasteiger partial charge is 0.667 e. The summed E-state index contributed by atoms with van der Waals surface area (Å²) in [7, 11) is 0. The predicted octanol–water partition coefficient (Wildman–Crippen LogP) is -1.37. The Hall–Kier alpha value is -0.700. The zero-order chi connectivity index (χ0) is 8.10. The Bertz CT molecular complexity index is 121. The first kappa shape index (κ1) is 8.40. The molecule has 1 amide bonds. The van der Waals surface area contributed by atoms with Crippen LogP contribution in [0.4, 0.5) is 0 Å². The standard InChI is InChI=1S/C7H14N3O/c8-1-2-9-3-5-10(7-11)6-4-9/h1-6,8H2/q+1. The average molecular weight is 156 g/mol. The van der Waals surface area contributed by atoms with Gasteiger partial charge in [-0.1, -0.05) is 0 Å². The van der Waals surface area contributed by atoms with Crippen molar-refractivity contribution in [2.45, 2.75) is 0 Å². The first-order chi connectivity index (χ1) is 5.36. The van der Waals surface area contributed by atoms with E-state index >= 15 is 0 Å². The first-order valence-electron chi connectivity index (χ1n) is 3.92. The maximum Gasteiger partial charge on any atom is 0.667 e. The summed E-state index contributed by atoms with van der Waals surface area (Å²) >= 11 is 0. The minimum Gasteiger partial charge on any atom is -0.329 e. The Labute approximate surface area is 66.9 Å². The van der Waals surface area contributed by atoms with Crippen molar-refractivity contribution in [1.82, 2.24) is 9.80 Å². The summed E-state index contributed by atoms with van der Waals surface area (Å²) in [6.45, 7) is 5.10. The maximum absolute atomic E-state index is 10.2. The second-order valence-electron chi connectivity index (χ2n) is 2.71. The van der Waals surface area contributed by atoms with Gasteiger partial charge in [-0.05, 0) is 0 Å². The molecule has 0 aromatic carbocycles. The molecule has 0 bridgehead atoms. The monoisotopic (exact) mass is 156 g/mol. The summed E-state index contributed by atoms with van der Waals surface area (Å²) in [5.41, 5.74) is 5.39. The van der Waals surface area contributed by atoms with Crippen LogP contribution in [0.15, 0.2) is 0 Å². The molecule has 11 heavy (non-hydrogen) atoms. The van der Waals surface area contributed by atoms with Crippen LogP contribution in [0.2, 0.25) is 0 Å². The van der Waals surface area contributed by atoms with Gasteiger partial charge in [-0.2, -0.15) is 0 Å². The van der Waals surface area contributed by atoms with Crippen LogP contribution in [0, 0.1) is 0 Å². The lowest BCUT2D eigenvalue weighted by molar-refractivity contribution is 0.182. The van der Waals surface area contributed by atoms with E-state index in [2.05, 4.69) is 4.90 Å². The molecule has 0 spiro atoms. The molecule has 0 aromatic heterocycles. The molecule has 0 radical (unpaired) electrons. The first-order valence-corrected chi connectivity index (χ1v) is 3.92. The minimum atomic E-state index is 0.699. The second-order valence-corrected chi connectivity index (χ2v) is 2.71. The Morgan fingerprint density at radius 3 is 2.36 bits per heavy atom. The Morgan fingerprint density at radius 1 is 1.27 bits per heavy atom. The second kappa shape index (κ2) is 4.23. The van der Waals surface area contributed by atoms with Crippen molar-refractivity contribution in [2.75, 3.05) is 39.3 Å². The van der Waals surface area contributed by atoms with E-state index in [0.717, 1.165) is 32.7 Å². The van der Waals surface area contributed by atoms with Gasteiger partial charge in [0.05, 0.1) is 17.9 Å². The molecular formula is C7H14N3O+. The molecule has 4 heteroatoms. The maximum atomic E-state index is 10.2. The van der Waals surface area contributed by atoms with E-state index in [1.807, 2.05) is 6.41 Å². The number of nitrogens with two attached hydrogens (primary N) is 1. The molecular weight excluding hydrogens is 142 g/mol. The fraction of sp³-hybridized carbons (Fsp3) is 0.857. The van der Waals surface area contributed by atoms with Crippen molar-refractivity contribution in [3.05, 3.63) is 0 Å². The SMILES string of the molecule is NCCN1CCN([C+]=O)CC1. The molecule has 1 fully saturated rings. The minimum absolute atomic E-state index is 0.699. The number of piperazine rings is 1. The van der Waals surface area contributed by atoms with E-state index in [4.69, 9.17) is 5.73 Å². The molecule has 1 aliphatic rings. The highest BCUT2D eigenvalue weighted by Crippen LogP contribution is 1.97. The molecule has 1 saturated heterocycles. The molecule has 2 N–H and O–H groups in total. The number of nitrogens with zero attached hydrogens (tertiary/aromatic N) is 2. The lowest BCUT2D eigenvalue weighted by atomic mass is 10.3. The third kappa shape index (κ3) is 2.42. The quantitative estimate of drug-likeness (QED) is 0.513. The predicted molar refractivity (Wildman–Crippen MR) is 42.8 cm³/mol. The zero-order valence-electron chi connectivity index (χ0n) is 6.62. The highest BCUT2D eigenvalue weighted by atomic mass is 16.1. The summed E-state index contributed by atoms with van der Waals surface area (Å²) in [4.78, 5) is 14.1. The third-order valence-corrected chi connectivity index (χ3v) is 1.95. The average Bonchev–Trinajstić information content (AvgIpc) is 2.07. The summed E-state index contributed by atoms with van der Waals surface area (Å²) in [5.74, 6) is 0. The van der Waals surface area contributed by atoms with Crippen LogP contribution in [0.5, 0.6) is 0 Å². The van der Waals surface area contributed by atoms with Crippen molar-refractivity contribution >= 4 is 6.41 Å². The van der Waals surface area contributed by atoms with Gasteiger partial charge < -0.3 is 5.73 Å². The molecule has 1 aliphatic heterocycles. The summed E-state index contributed by atoms with van der Waals surface area (Å²) in [5, 5.41) is 0. The fourth-order valence-corrected chi connectivity index (χ4v) is 1.25. The fourth-order valence-electron chi connectivity index (χ4n) is 1.25. The summed E-state index contributed by atoms with van der Waals surface area (Å²) in [6, 6.07) is 0. The Kier molecular flexibility index (Phi) is 3.23. The molecule has 62 valence electrons. The highest BCUT2D eigenvalue weighted by Gasteiger charge is 2.22. The van der Waals surface area contributed by atoms with Crippen LogP contribution < -0.4 is 5.73 Å². The van der Waals surface area contributed by atoms with Gasteiger partial charge in [-0.3, -0.25) is 4.90 Å². The molecule has 1 rings (SSSR count). The number of hydrogen-bond acceptors (Lipinski definition) is 3. The van der Waals surface area contributed by atoms with E-state index in [-0.39, 0.29) is 0 Å². The van der Waals surface area contributed by atoms with E-state index in [9.17, 15) is 4.79 Å². The van der Waals surface area contributed by atoms with Crippen molar-refractivity contribution in [2.24, 2.45) is 5.73 Å². The summed E-state index contributed by atoms with van der Waals surface area (Å²) in [6.07, 6.45) is 1.89. The lowest BCUT2D eigenvalue weighted by Gasteiger charge is -2.26. The van der Waals surface area contributed by atoms with Crippen LogP contribution in [0.3, 0.4) is 0 Å². The van der Waals surface area contributed by atoms with Crippen molar-refractivity contribution < 1.29 is 4.79 Å². The van der Waals surface area contributed by atoms with Crippen molar-refractivity contribution in [3.63, 3.8) is 0 Å². The topological polar surface area (TPSA) is 49.6 Å². The molecule has 0 unspecified atom stereocenters. The zero-order valence-corrected chi connectivity index (χ0v) is 6.62. The van der Waals surface area contributed by atoms with Gasteiger partial charge in [0.25, 0.3) is 0 Å². The third-order valence-electron chi connectivity index (χ3n) is 1.95. The van der Waals surface area contributed by atoms with Gasteiger partial charge >= 0.3 is 6.41 Å². The van der Waals surface area contributed by atoms with Gasteiger partial charge in [0.1, 0.15) is 0 Å². The van der Waals surface area contributed by atoms with Crippen molar-refractivity contribution in [3.8, 4) is 0 Å². The van der Waals surface area contributed by atoms with E-state index < -0.39 is 0 Å². The van der Waals surface area contributed by atoms with E-state index in [1.165, 1.54) is 0 Å². The van der Waals surface area contributed by atoms with Crippen LogP contribution in [0.1, 0.15) is 0 Å². The normalized spacial score (nSPS) is 19.9. The number of rotatable bonds is 3. The van der Waals surface area contributed by atoms with Crippen molar-refractivity contribution in [1.29, 1.82) is 0 Å². The number of amides is 1. The molecule has 1 heterocycles. The smallest absolute Gasteiger partial charge is 0.329 e.